The Hall–Kier alpha value is -1.26. The van der Waals surface area contributed by atoms with Gasteiger partial charge in [-0.1, -0.05) is 25.7 Å². The zero-order valence-corrected chi connectivity index (χ0v) is 12.4. The highest BCUT2D eigenvalue weighted by atomic mass is 16.4. The van der Waals surface area contributed by atoms with E-state index in [9.17, 15) is 14.7 Å². The molecule has 1 aliphatic heterocycles. The summed E-state index contributed by atoms with van der Waals surface area (Å²) in [6.45, 7) is 2.72. The minimum atomic E-state index is -0.801. The van der Waals surface area contributed by atoms with Gasteiger partial charge >= 0.3 is 12.0 Å². The maximum atomic E-state index is 12.3. The molecule has 2 fully saturated rings. The third kappa shape index (κ3) is 3.64. The predicted octanol–water partition coefficient (Wildman–Crippen LogP) is 2.61. The van der Waals surface area contributed by atoms with Gasteiger partial charge in [-0.15, -0.1) is 0 Å². The number of likely N-dealkylation sites (tertiary alicyclic amines) is 1. The van der Waals surface area contributed by atoms with Crippen LogP contribution in [0.25, 0.3) is 0 Å². The fourth-order valence-corrected chi connectivity index (χ4v) is 3.28. The number of hydrogen-bond donors (Lipinski definition) is 2. The Labute approximate surface area is 120 Å². The lowest BCUT2D eigenvalue weighted by Gasteiger charge is -2.38. The molecule has 5 heteroatoms. The minimum Gasteiger partial charge on any atom is -0.481 e. The summed E-state index contributed by atoms with van der Waals surface area (Å²) in [7, 11) is 0. The van der Waals surface area contributed by atoms with Crippen LogP contribution in [0, 0.1) is 5.41 Å². The van der Waals surface area contributed by atoms with Gasteiger partial charge in [0, 0.05) is 19.1 Å². The Morgan fingerprint density at radius 1 is 1.15 bits per heavy atom. The van der Waals surface area contributed by atoms with Crippen molar-refractivity contribution >= 4 is 12.0 Å². The first-order chi connectivity index (χ1) is 9.51. The van der Waals surface area contributed by atoms with Crippen molar-refractivity contribution in [2.24, 2.45) is 5.41 Å². The van der Waals surface area contributed by atoms with Gasteiger partial charge in [0.05, 0.1) is 5.41 Å². The van der Waals surface area contributed by atoms with E-state index in [1.54, 1.807) is 11.8 Å². The number of carbonyl (C=O) groups excluding carboxylic acids is 1. The maximum absolute atomic E-state index is 12.3. The standard InChI is InChI=1S/C15H26N2O3/c1-15(13(18)19)9-6-10-17(11-15)14(20)16-12-7-4-2-3-5-8-12/h12H,2-11H2,1H3,(H,16,20)(H,18,19). The monoisotopic (exact) mass is 282 g/mol. The molecule has 114 valence electrons. The van der Waals surface area contributed by atoms with Gasteiger partial charge in [-0.3, -0.25) is 4.79 Å². The smallest absolute Gasteiger partial charge is 0.317 e. The molecule has 0 bridgehead atoms. The van der Waals surface area contributed by atoms with Crippen molar-refractivity contribution < 1.29 is 14.7 Å². The molecule has 1 heterocycles. The lowest BCUT2D eigenvalue weighted by atomic mass is 9.82. The summed E-state index contributed by atoms with van der Waals surface area (Å²) in [6, 6.07) is 0.187. The predicted molar refractivity (Wildman–Crippen MR) is 76.6 cm³/mol. The minimum absolute atomic E-state index is 0.0796. The second-order valence-corrected chi connectivity index (χ2v) is 6.53. The first kappa shape index (κ1) is 15.1. The van der Waals surface area contributed by atoms with Gasteiger partial charge in [0.1, 0.15) is 0 Å². The molecule has 0 radical (unpaired) electrons. The molecule has 0 aromatic carbocycles. The molecule has 0 aromatic rings. The molecule has 1 saturated carbocycles. The number of carbonyl (C=O) groups is 2. The lowest BCUT2D eigenvalue weighted by molar-refractivity contribution is -0.150. The highest BCUT2D eigenvalue weighted by molar-refractivity contribution is 5.78. The molecule has 2 N–H and O–H groups in total. The second kappa shape index (κ2) is 6.46. The largest absolute Gasteiger partial charge is 0.481 e. The van der Waals surface area contributed by atoms with Crippen molar-refractivity contribution in [1.29, 1.82) is 0 Å². The van der Waals surface area contributed by atoms with E-state index in [1.807, 2.05) is 0 Å². The van der Waals surface area contributed by atoms with Crippen LogP contribution in [0.1, 0.15) is 58.3 Å². The summed E-state index contributed by atoms with van der Waals surface area (Å²) in [5.41, 5.74) is -0.793. The summed E-state index contributed by atoms with van der Waals surface area (Å²) in [5.74, 6) is -0.801. The van der Waals surface area contributed by atoms with Crippen LogP contribution in [0.4, 0.5) is 4.79 Å². The molecule has 1 atom stereocenters. The zero-order chi connectivity index (χ0) is 14.6. The molecular formula is C15H26N2O3. The fourth-order valence-electron chi connectivity index (χ4n) is 3.28. The number of amides is 2. The van der Waals surface area contributed by atoms with Gasteiger partial charge in [0.25, 0.3) is 0 Å². The SMILES string of the molecule is CC1(C(=O)O)CCCN(C(=O)NC2CCCCCC2)C1. The number of piperidine rings is 1. The Kier molecular flexibility index (Phi) is 4.89. The number of aliphatic carboxylic acids is 1. The zero-order valence-electron chi connectivity index (χ0n) is 12.4. The third-order valence-corrected chi connectivity index (χ3v) is 4.68. The van der Waals surface area contributed by atoms with Crippen molar-refractivity contribution in [3.8, 4) is 0 Å². The topological polar surface area (TPSA) is 69.6 Å². The molecule has 20 heavy (non-hydrogen) atoms. The third-order valence-electron chi connectivity index (χ3n) is 4.68. The van der Waals surface area contributed by atoms with Crippen LogP contribution < -0.4 is 5.32 Å². The van der Waals surface area contributed by atoms with E-state index < -0.39 is 11.4 Å². The van der Waals surface area contributed by atoms with E-state index >= 15 is 0 Å². The second-order valence-electron chi connectivity index (χ2n) is 6.53. The van der Waals surface area contributed by atoms with Crippen LogP contribution in [0.5, 0.6) is 0 Å². The normalized spacial score (nSPS) is 28.8. The molecule has 2 amide bonds. The molecule has 0 aromatic heterocycles. The summed E-state index contributed by atoms with van der Waals surface area (Å²) in [6.07, 6.45) is 8.39. The van der Waals surface area contributed by atoms with Gasteiger partial charge in [-0.25, -0.2) is 4.79 Å². The van der Waals surface area contributed by atoms with Crippen molar-refractivity contribution in [1.82, 2.24) is 10.2 Å². The molecule has 2 aliphatic rings. The van der Waals surface area contributed by atoms with Crippen molar-refractivity contribution in [3.63, 3.8) is 0 Å². The Morgan fingerprint density at radius 2 is 1.80 bits per heavy atom. The summed E-state index contributed by atoms with van der Waals surface area (Å²) < 4.78 is 0. The number of hydrogen-bond acceptors (Lipinski definition) is 2. The van der Waals surface area contributed by atoms with Crippen molar-refractivity contribution in [2.45, 2.75) is 64.3 Å². The average molecular weight is 282 g/mol. The van der Waals surface area contributed by atoms with Gasteiger partial charge < -0.3 is 15.3 Å². The lowest BCUT2D eigenvalue weighted by Crippen LogP contribution is -2.53. The Morgan fingerprint density at radius 3 is 2.40 bits per heavy atom. The molecular weight excluding hydrogens is 256 g/mol. The van der Waals surface area contributed by atoms with E-state index in [4.69, 9.17) is 0 Å². The average Bonchev–Trinajstić information content (AvgIpc) is 2.67. The molecule has 2 rings (SSSR count). The summed E-state index contributed by atoms with van der Waals surface area (Å²) >= 11 is 0. The van der Waals surface area contributed by atoms with Gasteiger partial charge in [0.15, 0.2) is 0 Å². The van der Waals surface area contributed by atoms with Crippen molar-refractivity contribution in [3.05, 3.63) is 0 Å². The number of carboxylic acid groups (broad SMARTS) is 1. The fraction of sp³-hybridized carbons (Fsp3) is 0.867. The highest BCUT2D eigenvalue weighted by Crippen LogP contribution is 2.29. The molecule has 1 saturated heterocycles. The highest BCUT2D eigenvalue weighted by Gasteiger charge is 2.39. The summed E-state index contributed by atoms with van der Waals surface area (Å²) in [4.78, 5) is 25.3. The van der Waals surface area contributed by atoms with Gasteiger partial charge in [-0.2, -0.15) is 0 Å². The number of nitrogens with zero attached hydrogens (tertiary/aromatic N) is 1. The van der Waals surface area contributed by atoms with E-state index in [0.717, 1.165) is 19.3 Å². The van der Waals surface area contributed by atoms with Crippen LogP contribution in [-0.2, 0) is 4.79 Å². The van der Waals surface area contributed by atoms with Crippen LogP contribution in [0.15, 0.2) is 0 Å². The van der Waals surface area contributed by atoms with E-state index in [0.29, 0.717) is 19.5 Å². The van der Waals surface area contributed by atoms with Crippen LogP contribution in [0.2, 0.25) is 0 Å². The number of urea groups is 1. The Bertz CT molecular complexity index is 364. The first-order valence-electron chi connectivity index (χ1n) is 7.80. The van der Waals surface area contributed by atoms with E-state index in [-0.39, 0.29) is 12.1 Å². The quantitative estimate of drug-likeness (QED) is 0.765. The van der Waals surface area contributed by atoms with Crippen LogP contribution in [0.3, 0.4) is 0 Å². The molecule has 1 aliphatic carbocycles. The van der Waals surface area contributed by atoms with Gasteiger partial charge in [0.2, 0.25) is 0 Å². The van der Waals surface area contributed by atoms with Crippen molar-refractivity contribution in [2.75, 3.05) is 13.1 Å². The molecule has 1 unspecified atom stereocenters. The number of nitrogens with one attached hydrogen (secondary N) is 1. The Balaban J connectivity index is 1.89. The van der Waals surface area contributed by atoms with E-state index in [1.165, 1.54) is 25.7 Å². The molecule has 0 spiro atoms. The molecule has 5 nitrogen and oxygen atoms in total. The first-order valence-corrected chi connectivity index (χ1v) is 7.80. The van der Waals surface area contributed by atoms with Crippen LogP contribution >= 0.6 is 0 Å². The number of rotatable bonds is 2. The van der Waals surface area contributed by atoms with E-state index in [2.05, 4.69) is 5.32 Å². The van der Waals surface area contributed by atoms with Gasteiger partial charge in [-0.05, 0) is 32.6 Å². The van der Waals surface area contributed by atoms with Crippen LogP contribution in [-0.4, -0.2) is 41.1 Å². The number of carboxylic acids is 1. The summed E-state index contributed by atoms with van der Waals surface area (Å²) in [5, 5.41) is 12.4. The maximum Gasteiger partial charge on any atom is 0.317 e.